The maximum absolute atomic E-state index is 13.2. The number of nitrogens with zero attached hydrogens (tertiary/aromatic N) is 5. The van der Waals surface area contributed by atoms with E-state index in [4.69, 9.17) is 10.1 Å². The average Bonchev–Trinajstić information content (AvgIpc) is 3.19. The molecule has 0 bridgehead atoms. The van der Waals surface area contributed by atoms with Crippen molar-refractivity contribution in [3.8, 4) is 5.69 Å². The third-order valence-electron chi connectivity index (χ3n) is 6.07. The van der Waals surface area contributed by atoms with E-state index in [-0.39, 0.29) is 17.4 Å². The number of aryl methyl sites for hydroxylation is 1. The zero-order valence-corrected chi connectivity index (χ0v) is 18.0. The highest BCUT2D eigenvalue weighted by atomic mass is 16.6. The van der Waals surface area contributed by atoms with Crippen molar-refractivity contribution >= 4 is 34.6 Å². The molecule has 3 heterocycles. The van der Waals surface area contributed by atoms with Gasteiger partial charge in [0.2, 0.25) is 5.84 Å². The maximum Gasteiger partial charge on any atom is 0.291 e. The van der Waals surface area contributed by atoms with Crippen LogP contribution in [-0.4, -0.2) is 26.4 Å². The standard InChI is InChI=1S/C25H18N6O3/c1-15-21-22(16-8-7-11-18(14-16)31(33)34)29-20-13-6-5-12-19(20)26-25(32)24(29)27-23(21)30(28-15)17-9-3-2-4-10-17/h2-14,22H,1H3,(H,26,32)/t22-/m1/s1. The summed E-state index contributed by atoms with van der Waals surface area (Å²) in [6, 6.07) is 23.0. The van der Waals surface area contributed by atoms with E-state index in [0.29, 0.717) is 17.1 Å². The number of benzene rings is 3. The lowest BCUT2D eigenvalue weighted by atomic mass is 9.93. The van der Waals surface area contributed by atoms with E-state index >= 15 is 0 Å². The fourth-order valence-corrected chi connectivity index (χ4v) is 4.61. The summed E-state index contributed by atoms with van der Waals surface area (Å²) in [7, 11) is 0. The first kappa shape index (κ1) is 19.9. The van der Waals surface area contributed by atoms with Crippen LogP contribution < -0.4 is 10.2 Å². The van der Waals surface area contributed by atoms with Crippen molar-refractivity contribution in [2.75, 3.05) is 10.2 Å². The number of amides is 1. The minimum atomic E-state index is -0.535. The molecule has 0 radical (unpaired) electrons. The summed E-state index contributed by atoms with van der Waals surface area (Å²) in [6.07, 6.45) is 0. The predicted octanol–water partition coefficient (Wildman–Crippen LogP) is 4.68. The van der Waals surface area contributed by atoms with Gasteiger partial charge in [-0.25, -0.2) is 9.67 Å². The van der Waals surface area contributed by atoms with Gasteiger partial charge in [0.25, 0.3) is 11.6 Å². The van der Waals surface area contributed by atoms with Crippen LogP contribution in [-0.2, 0) is 4.79 Å². The quantitative estimate of drug-likeness (QED) is 0.360. The van der Waals surface area contributed by atoms with E-state index in [2.05, 4.69) is 5.32 Å². The highest BCUT2D eigenvalue weighted by Gasteiger charge is 2.42. The monoisotopic (exact) mass is 450 g/mol. The number of anilines is 2. The molecule has 2 aliphatic heterocycles. The molecule has 1 aromatic heterocycles. The number of fused-ring (bicyclic) bond motifs is 4. The molecular weight excluding hydrogens is 432 g/mol. The lowest BCUT2D eigenvalue weighted by Crippen LogP contribution is -2.48. The number of hydrogen-bond acceptors (Lipinski definition) is 6. The zero-order valence-electron chi connectivity index (χ0n) is 18.0. The van der Waals surface area contributed by atoms with Crippen molar-refractivity contribution in [1.29, 1.82) is 0 Å². The van der Waals surface area contributed by atoms with Crippen molar-refractivity contribution in [1.82, 2.24) is 9.78 Å². The Morgan fingerprint density at radius 2 is 1.76 bits per heavy atom. The number of non-ortho nitro benzene ring substituents is 1. The number of hydrogen-bond donors (Lipinski definition) is 1. The molecule has 0 unspecified atom stereocenters. The Hall–Kier alpha value is -4.79. The van der Waals surface area contributed by atoms with Gasteiger partial charge in [-0.1, -0.05) is 42.5 Å². The molecule has 9 heteroatoms. The Kier molecular flexibility index (Phi) is 4.31. The molecule has 1 amide bonds. The Labute approximate surface area is 194 Å². The first-order valence-electron chi connectivity index (χ1n) is 10.7. The number of carbonyl (C=O) groups is 1. The van der Waals surface area contributed by atoms with Crippen molar-refractivity contribution in [3.63, 3.8) is 0 Å². The minimum absolute atomic E-state index is 0.0223. The molecule has 6 rings (SSSR count). The normalized spacial score (nSPS) is 16.1. The van der Waals surface area contributed by atoms with Crippen LogP contribution in [0.1, 0.15) is 22.9 Å². The molecule has 34 heavy (non-hydrogen) atoms. The topological polar surface area (TPSA) is 106 Å². The third-order valence-corrected chi connectivity index (χ3v) is 6.07. The van der Waals surface area contributed by atoms with Gasteiger partial charge in [0, 0.05) is 17.7 Å². The van der Waals surface area contributed by atoms with Gasteiger partial charge in [0.1, 0.15) is 0 Å². The molecule has 4 aromatic rings. The molecule has 0 aliphatic carbocycles. The molecule has 0 fully saturated rings. The molecule has 1 atom stereocenters. The number of amidine groups is 1. The minimum Gasteiger partial charge on any atom is -0.317 e. The third kappa shape index (κ3) is 2.91. The van der Waals surface area contributed by atoms with E-state index in [0.717, 1.165) is 22.6 Å². The van der Waals surface area contributed by atoms with Gasteiger partial charge in [-0.15, -0.1) is 0 Å². The lowest BCUT2D eigenvalue weighted by Gasteiger charge is -2.40. The molecule has 0 spiro atoms. The van der Waals surface area contributed by atoms with Crippen LogP contribution in [0.4, 0.5) is 22.9 Å². The molecule has 9 nitrogen and oxygen atoms in total. The van der Waals surface area contributed by atoms with Gasteiger partial charge in [-0.2, -0.15) is 5.10 Å². The van der Waals surface area contributed by atoms with Crippen LogP contribution in [0.5, 0.6) is 0 Å². The van der Waals surface area contributed by atoms with E-state index < -0.39 is 11.0 Å². The lowest BCUT2D eigenvalue weighted by molar-refractivity contribution is -0.384. The number of nitro groups is 1. The fraction of sp³-hybridized carbons (Fsp3) is 0.0800. The van der Waals surface area contributed by atoms with Crippen LogP contribution in [0, 0.1) is 17.0 Å². The van der Waals surface area contributed by atoms with Crippen LogP contribution in [0.2, 0.25) is 0 Å². The Morgan fingerprint density at radius 1 is 1.00 bits per heavy atom. The second-order valence-electron chi connectivity index (χ2n) is 8.10. The van der Waals surface area contributed by atoms with Gasteiger partial charge in [0.05, 0.1) is 33.7 Å². The van der Waals surface area contributed by atoms with E-state index in [9.17, 15) is 14.9 Å². The number of para-hydroxylation sites is 3. The SMILES string of the molecule is Cc1nn(-c2ccccc2)c2c1[C@@H](c1cccc([N+](=O)[O-])c1)N1C(=N2)C(=O)Nc2ccccc21. The molecule has 2 aliphatic rings. The van der Waals surface area contributed by atoms with Crippen molar-refractivity contribution in [2.24, 2.45) is 4.99 Å². The van der Waals surface area contributed by atoms with Gasteiger partial charge in [-0.05, 0) is 36.8 Å². The number of nitro benzene ring substituents is 1. The Balaban J connectivity index is 1.66. The summed E-state index contributed by atoms with van der Waals surface area (Å²) < 4.78 is 1.72. The van der Waals surface area contributed by atoms with Crippen molar-refractivity contribution in [2.45, 2.75) is 13.0 Å². The smallest absolute Gasteiger partial charge is 0.291 e. The molecule has 1 N–H and O–H groups in total. The first-order chi connectivity index (χ1) is 16.5. The first-order valence-corrected chi connectivity index (χ1v) is 10.7. The molecule has 166 valence electrons. The van der Waals surface area contributed by atoms with E-state index in [1.165, 1.54) is 6.07 Å². The Morgan fingerprint density at radius 3 is 2.56 bits per heavy atom. The van der Waals surface area contributed by atoms with Gasteiger partial charge >= 0.3 is 0 Å². The zero-order chi connectivity index (χ0) is 23.4. The molecule has 0 saturated carbocycles. The van der Waals surface area contributed by atoms with Gasteiger partial charge in [0.15, 0.2) is 5.82 Å². The maximum atomic E-state index is 13.2. The van der Waals surface area contributed by atoms with Crippen LogP contribution in [0.3, 0.4) is 0 Å². The van der Waals surface area contributed by atoms with Crippen molar-refractivity contribution < 1.29 is 9.72 Å². The number of carbonyl (C=O) groups excluding carboxylic acids is 1. The predicted molar refractivity (Wildman–Crippen MR) is 128 cm³/mol. The van der Waals surface area contributed by atoms with E-state index in [1.807, 2.05) is 72.5 Å². The summed E-state index contributed by atoms with van der Waals surface area (Å²) in [5, 5.41) is 19.2. The number of rotatable bonds is 3. The second kappa shape index (κ2) is 7.38. The van der Waals surface area contributed by atoms with E-state index in [1.54, 1.807) is 16.8 Å². The Bertz CT molecular complexity index is 1510. The fourth-order valence-electron chi connectivity index (χ4n) is 4.61. The number of aromatic nitrogens is 2. The van der Waals surface area contributed by atoms with Crippen molar-refractivity contribution in [3.05, 3.63) is 106 Å². The summed E-state index contributed by atoms with van der Waals surface area (Å²) in [5.41, 5.74) is 4.38. The highest BCUT2D eigenvalue weighted by molar-refractivity contribution is 6.50. The van der Waals surface area contributed by atoms with Gasteiger partial charge in [-0.3, -0.25) is 14.9 Å². The summed E-state index contributed by atoms with van der Waals surface area (Å²) >= 11 is 0. The average molecular weight is 450 g/mol. The number of aliphatic imine (C=N–C) groups is 1. The van der Waals surface area contributed by atoms with Crippen LogP contribution >= 0.6 is 0 Å². The summed E-state index contributed by atoms with van der Waals surface area (Å²) in [5.74, 6) is 0.388. The summed E-state index contributed by atoms with van der Waals surface area (Å²) in [4.78, 5) is 30.9. The summed E-state index contributed by atoms with van der Waals surface area (Å²) in [6.45, 7) is 1.89. The van der Waals surface area contributed by atoms with Crippen LogP contribution in [0.25, 0.3) is 5.69 Å². The highest BCUT2D eigenvalue weighted by Crippen LogP contribution is 2.47. The van der Waals surface area contributed by atoms with Gasteiger partial charge < -0.3 is 10.2 Å². The molecule has 3 aromatic carbocycles. The molecular formula is C25H18N6O3. The number of nitrogens with one attached hydrogen (secondary N) is 1. The second-order valence-corrected chi connectivity index (χ2v) is 8.10. The molecule has 0 saturated heterocycles. The largest absolute Gasteiger partial charge is 0.317 e. The van der Waals surface area contributed by atoms with Crippen LogP contribution in [0.15, 0.2) is 83.9 Å².